The van der Waals surface area contributed by atoms with Crippen LogP contribution in [0, 0.1) is 0 Å². The highest BCUT2D eigenvalue weighted by Gasteiger charge is 2.11. The van der Waals surface area contributed by atoms with Crippen LogP contribution in [-0.4, -0.2) is 28.6 Å². The summed E-state index contributed by atoms with van der Waals surface area (Å²) in [5, 5.41) is 0. The number of aromatic amines is 1. The number of fused-ring (bicyclic) bond motifs is 1. The third kappa shape index (κ3) is 6.66. The molecule has 3 rings (SSSR count). The van der Waals surface area contributed by atoms with Crippen molar-refractivity contribution in [3.8, 4) is 11.4 Å². The molecule has 0 aliphatic heterocycles. The summed E-state index contributed by atoms with van der Waals surface area (Å²) in [6.07, 6.45) is 9.64. The van der Waals surface area contributed by atoms with Gasteiger partial charge in [0, 0.05) is 17.6 Å². The minimum absolute atomic E-state index is 0.250. The first kappa shape index (κ1) is 22.5. The van der Waals surface area contributed by atoms with Gasteiger partial charge < -0.3 is 22.2 Å². The van der Waals surface area contributed by atoms with Crippen LogP contribution in [0.5, 0.6) is 0 Å². The van der Waals surface area contributed by atoms with E-state index in [4.69, 9.17) is 22.2 Å². The summed E-state index contributed by atoms with van der Waals surface area (Å²) < 4.78 is 0. The fraction of sp³-hybridized carbons (Fsp3) is 0.480. The van der Waals surface area contributed by atoms with E-state index in [-0.39, 0.29) is 6.04 Å². The van der Waals surface area contributed by atoms with Crippen LogP contribution < -0.4 is 17.2 Å². The highest BCUT2D eigenvalue weighted by Crippen LogP contribution is 2.25. The van der Waals surface area contributed by atoms with Crippen molar-refractivity contribution in [2.75, 3.05) is 6.54 Å². The molecule has 2 atom stereocenters. The Bertz CT molecular complexity index is 855. The summed E-state index contributed by atoms with van der Waals surface area (Å²) in [6.45, 7) is 0.761. The number of H-pyrrole nitrogens is 1. The maximum absolute atomic E-state index is 6.37. The molecule has 3 aromatic rings. The van der Waals surface area contributed by atoms with E-state index in [0.717, 1.165) is 81.2 Å². The van der Waals surface area contributed by atoms with Crippen molar-refractivity contribution >= 4 is 11.0 Å². The van der Waals surface area contributed by atoms with E-state index >= 15 is 0 Å². The van der Waals surface area contributed by atoms with Crippen LogP contribution in [0.25, 0.3) is 22.4 Å². The molecule has 0 amide bonds. The molecule has 0 saturated heterocycles. The average molecular weight is 408 g/mol. The van der Waals surface area contributed by atoms with Gasteiger partial charge in [0.05, 0.1) is 11.0 Å². The zero-order valence-electron chi connectivity index (χ0n) is 18.0. The number of rotatable bonds is 13. The number of unbranched alkanes of at least 4 members (excludes halogenated alkanes) is 1. The molecule has 1 aromatic heterocycles. The lowest BCUT2D eigenvalue weighted by Gasteiger charge is -2.15. The van der Waals surface area contributed by atoms with Crippen molar-refractivity contribution in [1.29, 1.82) is 0 Å². The molecule has 2 unspecified atom stereocenters. The van der Waals surface area contributed by atoms with Crippen LogP contribution in [0.3, 0.4) is 0 Å². The predicted octanol–water partition coefficient (Wildman–Crippen LogP) is 4.51. The fourth-order valence-electron chi connectivity index (χ4n) is 4.09. The SMILES string of the molecule is NCCCCC(N)CCCC(N)CCCc1ccccc1-c1nc2ccccc2[nH]1. The van der Waals surface area contributed by atoms with Crippen LogP contribution >= 0.6 is 0 Å². The van der Waals surface area contributed by atoms with Crippen molar-refractivity contribution in [1.82, 2.24) is 9.97 Å². The van der Waals surface area contributed by atoms with Crippen molar-refractivity contribution in [2.24, 2.45) is 17.2 Å². The molecule has 5 heteroatoms. The summed E-state index contributed by atoms with van der Waals surface area (Å²) in [4.78, 5) is 8.22. The van der Waals surface area contributed by atoms with Gasteiger partial charge in [-0.3, -0.25) is 0 Å². The maximum Gasteiger partial charge on any atom is 0.138 e. The zero-order valence-corrected chi connectivity index (χ0v) is 18.0. The second-order valence-corrected chi connectivity index (χ2v) is 8.39. The van der Waals surface area contributed by atoms with E-state index in [9.17, 15) is 0 Å². The number of para-hydroxylation sites is 2. The molecule has 0 bridgehead atoms. The molecule has 0 fully saturated rings. The first-order chi connectivity index (χ1) is 14.7. The number of benzene rings is 2. The van der Waals surface area contributed by atoms with Gasteiger partial charge in [0.2, 0.25) is 0 Å². The van der Waals surface area contributed by atoms with E-state index in [1.54, 1.807) is 0 Å². The second-order valence-electron chi connectivity index (χ2n) is 8.39. The summed E-state index contributed by atoms with van der Waals surface area (Å²) in [6, 6.07) is 17.2. The molecule has 1 heterocycles. The minimum atomic E-state index is 0.250. The molecule has 0 spiro atoms. The maximum atomic E-state index is 6.37. The van der Waals surface area contributed by atoms with Gasteiger partial charge in [-0.1, -0.05) is 49.2 Å². The molecule has 162 valence electrons. The predicted molar refractivity (Wildman–Crippen MR) is 127 cm³/mol. The Morgan fingerprint density at radius 3 is 2.20 bits per heavy atom. The Morgan fingerprint density at radius 2 is 1.43 bits per heavy atom. The molecule has 5 nitrogen and oxygen atoms in total. The van der Waals surface area contributed by atoms with Gasteiger partial charge in [-0.15, -0.1) is 0 Å². The van der Waals surface area contributed by atoms with Gasteiger partial charge in [0.25, 0.3) is 0 Å². The van der Waals surface area contributed by atoms with Crippen LogP contribution in [0.1, 0.15) is 56.9 Å². The number of aryl methyl sites for hydroxylation is 1. The Kier molecular flexibility index (Phi) is 8.87. The summed E-state index contributed by atoms with van der Waals surface area (Å²) in [7, 11) is 0. The summed E-state index contributed by atoms with van der Waals surface area (Å²) in [5.74, 6) is 0.944. The number of hydrogen-bond donors (Lipinski definition) is 4. The molecule has 0 saturated carbocycles. The van der Waals surface area contributed by atoms with E-state index < -0.39 is 0 Å². The molecule has 30 heavy (non-hydrogen) atoms. The standard InChI is InChI=1S/C25H37N5/c26-18-6-5-11-20(27)13-8-14-21(28)12-7-10-19-9-1-2-15-22(19)25-29-23-16-3-4-17-24(23)30-25/h1-4,9,15-17,20-21H,5-8,10-14,18,26-28H2,(H,29,30). The number of hydrogen-bond acceptors (Lipinski definition) is 4. The van der Waals surface area contributed by atoms with Gasteiger partial charge in [0.15, 0.2) is 0 Å². The molecule has 0 radical (unpaired) electrons. The van der Waals surface area contributed by atoms with E-state index in [1.165, 1.54) is 11.1 Å². The average Bonchev–Trinajstić information content (AvgIpc) is 3.18. The number of nitrogens with two attached hydrogens (primary N) is 3. The zero-order chi connectivity index (χ0) is 21.2. The Hall–Kier alpha value is -2.21. The smallest absolute Gasteiger partial charge is 0.138 e. The van der Waals surface area contributed by atoms with Gasteiger partial charge in [-0.05, 0) is 69.2 Å². The molecule has 7 N–H and O–H groups in total. The fourth-order valence-corrected chi connectivity index (χ4v) is 4.09. The van der Waals surface area contributed by atoms with Crippen molar-refractivity contribution in [3.63, 3.8) is 0 Å². The highest BCUT2D eigenvalue weighted by molar-refractivity contribution is 5.79. The first-order valence-corrected chi connectivity index (χ1v) is 11.4. The molecule has 2 aromatic carbocycles. The van der Waals surface area contributed by atoms with Gasteiger partial charge in [0.1, 0.15) is 5.82 Å². The van der Waals surface area contributed by atoms with Gasteiger partial charge >= 0.3 is 0 Å². The van der Waals surface area contributed by atoms with E-state index in [2.05, 4.69) is 35.3 Å². The van der Waals surface area contributed by atoms with E-state index in [0.29, 0.717) is 6.04 Å². The Labute approximate surface area is 180 Å². The topological polar surface area (TPSA) is 107 Å². The lowest BCUT2D eigenvalue weighted by Crippen LogP contribution is -2.23. The van der Waals surface area contributed by atoms with Crippen molar-refractivity contribution in [2.45, 2.75) is 69.9 Å². The van der Waals surface area contributed by atoms with Crippen LogP contribution in [0.4, 0.5) is 0 Å². The Morgan fingerprint density at radius 1 is 0.767 bits per heavy atom. The first-order valence-electron chi connectivity index (χ1n) is 11.4. The lowest BCUT2D eigenvalue weighted by molar-refractivity contribution is 0.467. The van der Waals surface area contributed by atoms with Crippen LogP contribution in [0.15, 0.2) is 48.5 Å². The second kappa shape index (κ2) is 11.8. The summed E-state index contributed by atoms with van der Waals surface area (Å²) in [5.41, 5.74) is 22.7. The minimum Gasteiger partial charge on any atom is -0.338 e. The third-order valence-electron chi connectivity index (χ3n) is 5.86. The number of nitrogens with zero attached hydrogens (tertiary/aromatic N) is 1. The third-order valence-corrected chi connectivity index (χ3v) is 5.86. The number of aromatic nitrogens is 2. The van der Waals surface area contributed by atoms with Gasteiger partial charge in [-0.25, -0.2) is 4.98 Å². The molecule has 0 aliphatic rings. The van der Waals surface area contributed by atoms with E-state index in [1.807, 2.05) is 18.2 Å². The number of nitrogens with one attached hydrogen (secondary N) is 1. The van der Waals surface area contributed by atoms with Crippen LogP contribution in [0.2, 0.25) is 0 Å². The van der Waals surface area contributed by atoms with Crippen LogP contribution in [-0.2, 0) is 6.42 Å². The highest BCUT2D eigenvalue weighted by atomic mass is 14.9. The Balaban J connectivity index is 1.45. The molecular formula is C25H37N5. The quantitative estimate of drug-likeness (QED) is 0.313. The van der Waals surface area contributed by atoms with Crippen molar-refractivity contribution < 1.29 is 0 Å². The molecule has 0 aliphatic carbocycles. The largest absolute Gasteiger partial charge is 0.338 e. The monoisotopic (exact) mass is 407 g/mol. The lowest BCUT2D eigenvalue weighted by atomic mass is 9.97. The van der Waals surface area contributed by atoms with Gasteiger partial charge in [-0.2, -0.15) is 0 Å². The number of imidazole rings is 1. The van der Waals surface area contributed by atoms with Crippen molar-refractivity contribution in [3.05, 3.63) is 54.1 Å². The normalized spacial score (nSPS) is 13.6. The molecular weight excluding hydrogens is 370 g/mol. The summed E-state index contributed by atoms with van der Waals surface area (Å²) >= 11 is 0.